The fourth-order valence-corrected chi connectivity index (χ4v) is 1.59. The van der Waals surface area contributed by atoms with Crippen molar-refractivity contribution in [1.29, 1.82) is 0 Å². The highest BCUT2D eigenvalue weighted by atomic mass is 16.5. The molecule has 0 radical (unpaired) electrons. The van der Waals surface area contributed by atoms with E-state index in [4.69, 9.17) is 19.9 Å². The van der Waals surface area contributed by atoms with Gasteiger partial charge in [0.2, 0.25) is 0 Å². The predicted octanol–water partition coefficient (Wildman–Crippen LogP) is 1.41. The molecule has 1 aromatic carbocycles. The quantitative estimate of drug-likeness (QED) is 0.441. The van der Waals surface area contributed by atoms with Crippen molar-refractivity contribution in [3.63, 3.8) is 0 Å². The molecule has 0 spiro atoms. The van der Waals surface area contributed by atoms with Gasteiger partial charge in [-0.2, -0.15) is 0 Å². The lowest BCUT2D eigenvalue weighted by Gasteiger charge is -2.12. The molecule has 0 heterocycles. The first kappa shape index (κ1) is 16.3. The number of hydrogen-bond donors (Lipinski definition) is 1. The number of nitrogens with two attached hydrogens (primary N) is 1. The smallest absolute Gasteiger partial charge is 0.340 e. The fourth-order valence-electron chi connectivity index (χ4n) is 1.59. The van der Waals surface area contributed by atoms with E-state index in [0.29, 0.717) is 43.4 Å². The number of hydrogen-bond acceptors (Lipinski definition) is 6. The van der Waals surface area contributed by atoms with E-state index in [0.717, 1.165) is 5.56 Å². The number of carbonyl (C=O) groups excluding carboxylic acids is 1. The summed E-state index contributed by atoms with van der Waals surface area (Å²) < 4.78 is 20.4. The number of carbonyl (C=O) groups is 1. The summed E-state index contributed by atoms with van der Waals surface area (Å²) in [6.45, 7) is 3.71. The van der Waals surface area contributed by atoms with Gasteiger partial charge in [0.05, 0.1) is 32.5 Å². The third-order valence-electron chi connectivity index (χ3n) is 2.69. The van der Waals surface area contributed by atoms with E-state index in [9.17, 15) is 4.79 Å². The Labute approximate surface area is 118 Å². The molecular weight excluding hydrogens is 262 g/mol. The Kier molecular flexibility index (Phi) is 6.83. The summed E-state index contributed by atoms with van der Waals surface area (Å²) in [6.07, 6.45) is 0. The van der Waals surface area contributed by atoms with Crippen LogP contribution in [0, 0.1) is 6.92 Å². The third kappa shape index (κ3) is 4.71. The van der Waals surface area contributed by atoms with E-state index in [1.165, 1.54) is 7.11 Å². The third-order valence-corrected chi connectivity index (χ3v) is 2.69. The Morgan fingerprint density at radius 1 is 1.15 bits per heavy atom. The highest BCUT2D eigenvalue weighted by molar-refractivity contribution is 5.96. The van der Waals surface area contributed by atoms with E-state index in [1.54, 1.807) is 19.2 Å². The van der Waals surface area contributed by atoms with Crippen LogP contribution in [0.3, 0.4) is 0 Å². The molecular formula is C14H21NO5. The van der Waals surface area contributed by atoms with Crippen LogP contribution in [0.25, 0.3) is 0 Å². The molecule has 0 saturated heterocycles. The first-order valence-corrected chi connectivity index (χ1v) is 6.28. The molecule has 0 aliphatic heterocycles. The van der Waals surface area contributed by atoms with Crippen molar-refractivity contribution in [3.8, 4) is 5.75 Å². The second kappa shape index (κ2) is 8.39. The average Bonchev–Trinajstić information content (AvgIpc) is 2.45. The molecule has 0 bridgehead atoms. The molecule has 0 aliphatic rings. The van der Waals surface area contributed by atoms with Gasteiger partial charge in [-0.15, -0.1) is 0 Å². The van der Waals surface area contributed by atoms with Crippen molar-refractivity contribution in [2.45, 2.75) is 6.92 Å². The zero-order chi connectivity index (χ0) is 15.0. The Hall–Kier alpha value is -1.79. The van der Waals surface area contributed by atoms with Gasteiger partial charge in [-0.3, -0.25) is 0 Å². The summed E-state index contributed by atoms with van der Waals surface area (Å²) in [6, 6.07) is 3.35. The lowest BCUT2D eigenvalue weighted by atomic mass is 10.1. The van der Waals surface area contributed by atoms with Crippen LogP contribution in [-0.2, 0) is 14.2 Å². The van der Waals surface area contributed by atoms with Gasteiger partial charge in [0, 0.05) is 12.8 Å². The molecule has 0 saturated carbocycles. The number of benzene rings is 1. The van der Waals surface area contributed by atoms with Gasteiger partial charge in [0.25, 0.3) is 0 Å². The lowest BCUT2D eigenvalue weighted by Crippen LogP contribution is -2.11. The molecule has 0 unspecified atom stereocenters. The zero-order valence-electron chi connectivity index (χ0n) is 12.1. The second-order valence-electron chi connectivity index (χ2n) is 4.15. The molecule has 2 N–H and O–H groups in total. The number of esters is 1. The maximum absolute atomic E-state index is 11.6. The average molecular weight is 283 g/mol. The van der Waals surface area contributed by atoms with Crippen molar-refractivity contribution < 1.29 is 23.7 Å². The van der Waals surface area contributed by atoms with Gasteiger partial charge in [-0.25, -0.2) is 4.79 Å². The number of ether oxygens (including phenoxy) is 4. The standard InChI is InChI=1S/C14H21NO5/c1-10-8-11(20-7-6-19-5-4-17-2)9-12(13(10)15)14(16)18-3/h8-9H,4-7,15H2,1-3H3. The van der Waals surface area contributed by atoms with E-state index < -0.39 is 5.97 Å². The van der Waals surface area contributed by atoms with Gasteiger partial charge in [-0.05, 0) is 24.6 Å². The number of methoxy groups -OCH3 is 2. The summed E-state index contributed by atoms with van der Waals surface area (Å²) in [5.41, 5.74) is 7.32. The van der Waals surface area contributed by atoms with Crippen LogP contribution < -0.4 is 10.5 Å². The molecule has 1 rings (SSSR count). The number of anilines is 1. The van der Waals surface area contributed by atoms with Crippen molar-refractivity contribution in [2.24, 2.45) is 0 Å². The van der Waals surface area contributed by atoms with Crippen molar-refractivity contribution >= 4 is 11.7 Å². The minimum atomic E-state index is -0.479. The van der Waals surface area contributed by atoms with Crippen LogP contribution in [0.1, 0.15) is 15.9 Å². The second-order valence-corrected chi connectivity index (χ2v) is 4.15. The minimum absolute atomic E-state index is 0.308. The minimum Gasteiger partial charge on any atom is -0.491 e. The van der Waals surface area contributed by atoms with Crippen molar-refractivity contribution in [1.82, 2.24) is 0 Å². The molecule has 6 nitrogen and oxygen atoms in total. The van der Waals surface area contributed by atoms with Gasteiger partial charge < -0.3 is 24.7 Å². The Morgan fingerprint density at radius 2 is 1.85 bits per heavy atom. The zero-order valence-corrected chi connectivity index (χ0v) is 12.1. The Bertz CT molecular complexity index is 447. The largest absolute Gasteiger partial charge is 0.491 e. The number of rotatable bonds is 8. The highest BCUT2D eigenvalue weighted by Gasteiger charge is 2.13. The van der Waals surface area contributed by atoms with Crippen LogP contribution in [0.2, 0.25) is 0 Å². The van der Waals surface area contributed by atoms with E-state index >= 15 is 0 Å². The van der Waals surface area contributed by atoms with Gasteiger partial charge in [0.1, 0.15) is 12.4 Å². The maximum Gasteiger partial charge on any atom is 0.340 e. The number of nitrogen functional groups attached to an aromatic ring is 1. The molecule has 20 heavy (non-hydrogen) atoms. The summed E-state index contributed by atoms with van der Waals surface area (Å²) in [7, 11) is 2.93. The van der Waals surface area contributed by atoms with Crippen LogP contribution in [0.4, 0.5) is 5.69 Å². The molecule has 112 valence electrons. The summed E-state index contributed by atoms with van der Waals surface area (Å²) in [5, 5.41) is 0. The Balaban J connectivity index is 2.58. The monoisotopic (exact) mass is 283 g/mol. The van der Waals surface area contributed by atoms with E-state index in [-0.39, 0.29) is 0 Å². The SMILES string of the molecule is COCCOCCOc1cc(C)c(N)c(C(=O)OC)c1. The van der Waals surface area contributed by atoms with Crippen LogP contribution >= 0.6 is 0 Å². The van der Waals surface area contributed by atoms with Crippen molar-refractivity contribution in [3.05, 3.63) is 23.3 Å². The molecule has 0 aliphatic carbocycles. The Morgan fingerprint density at radius 3 is 2.50 bits per heavy atom. The molecule has 0 atom stereocenters. The molecule has 0 fully saturated rings. The summed E-state index contributed by atoms with van der Waals surface area (Å²) >= 11 is 0. The normalized spacial score (nSPS) is 10.3. The topological polar surface area (TPSA) is 80.0 Å². The lowest BCUT2D eigenvalue weighted by molar-refractivity contribution is 0.0542. The summed E-state index contributed by atoms with van der Waals surface area (Å²) in [5.74, 6) is 0.0832. The van der Waals surface area contributed by atoms with E-state index in [1.807, 2.05) is 6.92 Å². The fraction of sp³-hybridized carbons (Fsp3) is 0.500. The van der Waals surface area contributed by atoms with E-state index in [2.05, 4.69) is 4.74 Å². The molecule has 1 aromatic rings. The number of aryl methyl sites for hydroxylation is 1. The molecule has 0 aromatic heterocycles. The van der Waals surface area contributed by atoms with Crippen LogP contribution in [-0.4, -0.2) is 46.6 Å². The summed E-state index contributed by atoms with van der Waals surface area (Å²) in [4.78, 5) is 11.6. The highest BCUT2D eigenvalue weighted by Crippen LogP contribution is 2.25. The first-order valence-electron chi connectivity index (χ1n) is 6.28. The van der Waals surface area contributed by atoms with Gasteiger partial charge in [0.15, 0.2) is 0 Å². The van der Waals surface area contributed by atoms with Gasteiger partial charge >= 0.3 is 5.97 Å². The molecule has 6 heteroatoms. The van der Waals surface area contributed by atoms with Crippen LogP contribution in [0.5, 0.6) is 5.75 Å². The molecule has 0 amide bonds. The van der Waals surface area contributed by atoms with Crippen LogP contribution in [0.15, 0.2) is 12.1 Å². The first-order chi connectivity index (χ1) is 9.60. The van der Waals surface area contributed by atoms with Gasteiger partial charge in [-0.1, -0.05) is 0 Å². The van der Waals surface area contributed by atoms with Crippen molar-refractivity contribution in [2.75, 3.05) is 46.4 Å². The predicted molar refractivity (Wildman–Crippen MR) is 75.1 cm³/mol. The maximum atomic E-state index is 11.6.